The number of nitrogens with one attached hydrogen (secondary N) is 1. The van der Waals surface area contributed by atoms with Crippen molar-refractivity contribution in [3.8, 4) is 0 Å². The predicted octanol–water partition coefficient (Wildman–Crippen LogP) is 3.64. The Labute approximate surface area is 182 Å². The number of hydrogen-bond donors (Lipinski definition) is 1. The van der Waals surface area contributed by atoms with Gasteiger partial charge in [-0.2, -0.15) is 0 Å². The lowest BCUT2D eigenvalue weighted by molar-refractivity contribution is -0.151. The van der Waals surface area contributed by atoms with E-state index in [0.717, 1.165) is 9.37 Å². The van der Waals surface area contributed by atoms with E-state index in [1.165, 1.54) is 0 Å². The molecule has 1 aliphatic rings. The first-order valence-corrected chi connectivity index (χ1v) is 10.3. The molecule has 0 saturated heterocycles. The fraction of sp³-hybridized carbons (Fsp3) is 0.273. The van der Waals surface area contributed by atoms with Crippen molar-refractivity contribution in [3.63, 3.8) is 0 Å². The minimum Gasteiger partial charge on any atom is -0.454 e. The van der Waals surface area contributed by atoms with Crippen molar-refractivity contribution in [1.29, 1.82) is 0 Å². The molecule has 0 spiro atoms. The van der Waals surface area contributed by atoms with Gasteiger partial charge in [-0.3, -0.25) is 19.3 Å². The molecule has 0 aliphatic carbocycles. The minimum atomic E-state index is -1.10. The van der Waals surface area contributed by atoms with Gasteiger partial charge >= 0.3 is 5.97 Å². The molecular formula is C22H21BrN2O5. The lowest BCUT2D eigenvalue weighted by atomic mass is 10.0. The van der Waals surface area contributed by atoms with Gasteiger partial charge in [0.1, 0.15) is 6.04 Å². The largest absolute Gasteiger partial charge is 0.454 e. The Morgan fingerprint density at radius 3 is 2.10 bits per heavy atom. The third-order valence-electron chi connectivity index (χ3n) is 4.58. The van der Waals surface area contributed by atoms with Crippen molar-refractivity contribution < 1.29 is 23.9 Å². The van der Waals surface area contributed by atoms with Crippen LogP contribution in [0.3, 0.4) is 0 Å². The Hall–Kier alpha value is -3.00. The highest BCUT2D eigenvalue weighted by Crippen LogP contribution is 2.27. The molecule has 156 valence electrons. The quantitative estimate of drug-likeness (QED) is 0.490. The summed E-state index contributed by atoms with van der Waals surface area (Å²) < 4.78 is 6.03. The summed E-state index contributed by atoms with van der Waals surface area (Å²) in [6.45, 7) is 3.23. The number of benzene rings is 2. The van der Waals surface area contributed by atoms with E-state index in [1.807, 2.05) is 13.8 Å². The molecule has 3 amide bonds. The summed E-state index contributed by atoms with van der Waals surface area (Å²) in [6, 6.07) is 12.3. The van der Waals surface area contributed by atoms with Gasteiger partial charge in [0.05, 0.1) is 11.1 Å². The zero-order chi connectivity index (χ0) is 21.8. The van der Waals surface area contributed by atoms with Gasteiger partial charge in [0.15, 0.2) is 6.61 Å². The fourth-order valence-corrected chi connectivity index (χ4v) is 3.47. The van der Waals surface area contributed by atoms with E-state index in [2.05, 4.69) is 21.2 Å². The highest BCUT2D eigenvalue weighted by Gasteiger charge is 2.43. The van der Waals surface area contributed by atoms with Crippen LogP contribution in [0.25, 0.3) is 0 Å². The zero-order valence-corrected chi connectivity index (χ0v) is 18.1. The fourth-order valence-electron chi connectivity index (χ4n) is 3.21. The van der Waals surface area contributed by atoms with E-state index in [0.29, 0.717) is 5.69 Å². The van der Waals surface area contributed by atoms with Gasteiger partial charge in [-0.1, -0.05) is 41.9 Å². The Kier molecular flexibility index (Phi) is 6.66. The molecule has 0 radical (unpaired) electrons. The van der Waals surface area contributed by atoms with E-state index in [-0.39, 0.29) is 23.5 Å². The summed E-state index contributed by atoms with van der Waals surface area (Å²) >= 11 is 3.31. The number of imide groups is 1. The van der Waals surface area contributed by atoms with Gasteiger partial charge < -0.3 is 10.1 Å². The average molecular weight is 473 g/mol. The summed E-state index contributed by atoms with van der Waals surface area (Å²) in [4.78, 5) is 51.3. The van der Waals surface area contributed by atoms with Crippen molar-refractivity contribution in [1.82, 2.24) is 4.90 Å². The number of rotatable bonds is 7. The standard InChI is InChI=1S/C22H21BrN2O5/c1-13(2)11-18(25-20(27)16-5-3-4-6-17(16)21(25)28)22(29)30-12-19(26)24-15-9-7-14(23)8-10-15/h3-10,13,18H,11-12H2,1-2H3,(H,24,26)/t18-/m1/s1. The van der Waals surface area contributed by atoms with Crippen LogP contribution in [0.1, 0.15) is 41.0 Å². The second-order valence-corrected chi connectivity index (χ2v) is 8.25. The van der Waals surface area contributed by atoms with E-state index >= 15 is 0 Å². The normalized spacial score (nSPS) is 13.9. The monoisotopic (exact) mass is 472 g/mol. The highest BCUT2D eigenvalue weighted by molar-refractivity contribution is 9.10. The molecule has 0 unspecified atom stereocenters. The Bertz CT molecular complexity index is 952. The second kappa shape index (κ2) is 9.21. The number of ether oxygens (including phenoxy) is 1. The van der Waals surface area contributed by atoms with Gasteiger partial charge in [0, 0.05) is 10.2 Å². The number of carbonyl (C=O) groups excluding carboxylic acids is 4. The maximum absolute atomic E-state index is 12.8. The number of fused-ring (bicyclic) bond motifs is 1. The predicted molar refractivity (Wildman–Crippen MR) is 114 cm³/mol. The van der Waals surface area contributed by atoms with Crippen LogP contribution in [0.15, 0.2) is 53.0 Å². The number of nitrogens with zero attached hydrogens (tertiary/aromatic N) is 1. The van der Waals surface area contributed by atoms with Gasteiger partial charge in [-0.15, -0.1) is 0 Å². The molecule has 1 N–H and O–H groups in total. The maximum atomic E-state index is 12.8. The van der Waals surface area contributed by atoms with Gasteiger partial charge in [0.2, 0.25) is 0 Å². The van der Waals surface area contributed by atoms with Crippen LogP contribution in [0.2, 0.25) is 0 Å². The molecule has 7 nitrogen and oxygen atoms in total. The smallest absolute Gasteiger partial charge is 0.329 e. The molecule has 3 rings (SSSR count). The number of esters is 1. The van der Waals surface area contributed by atoms with Crippen LogP contribution < -0.4 is 5.32 Å². The number of amides is 3. The summed E-state index contributed by atoms with van der Waals surface area (Å²) in [5, 5.41) is 2.62. The SMILES string of the molecule is CC(C)C[C@H](C(=O)OCC(=O)Nc1ccc(Br)cc1)N1C(=O)c2ccccc2C1=O. The van der Waals surface area contributed by atoms with Crippen molar-refractivity contribution >= 4 is 45.3 Å². The van der Waals surface area contributed by atoms with Crippen LogP contribution in [-0.4, -0.2) is 41.2 Å². The molecule has 0 aromatic heterocycles. The molecule has 2 aromatic carbocycles. The molecule has 0 fully saturated rings. The molecule has 1 heterocycles. The second-order valence-electron chi connectivity index (χ2n) is 7.33. The van der Waals surface area contributed by atoms with Crippen molar-refractivity contribution in [2.75, 3.05) is 11.9 Å². The zero-order valence-electron chi connectivity index (χ0n) is 16.6. The van der Waals surface area contributed by atoms with Crippen molar-refractivity contribution in [2.45, 2.75) is 26.3 Å². The number of carbonyl (C=O) groups is 4. The Balaban J connectivity index is 1.69. The number of hydrogen-bond acceptors (Lipinski definition) is 5. The molecule has 2 aromatic rings. The third-order valence-corrected chi connectivity index (χ3v) is 5.11. The lowest BCUT2D eigenvalue weighted by Crippen LogP contribution is -2.46. The first-order valence-electron chi connectivity index (χ1n) is 9.47. The Morgan fingerprint density at radius 1 is 1.00 bits per heavy atom. The van der Waals surface area contributed by atoms with Crippen LogP contribution in [0.4, 0.5) is 5.69 Å². The summed E-state index contributed by atoms with van der Waals surface area (Å²) in [5.41, 5.74) is 1.08. The molecule has 1 aliphatic heterocycles. The summed E-state index contributed by atoms with van der Waals surface area (Å²) in [5.74, 6) is -2.35. The van der Waals surface area contributed by atoms with Gasteiger partial charge in [0.25, 0.3) is 17.7 Å². The number of anilines is 1. The molecule has 0 saturated carbocycles. The number of halogens is 1. The first kappa shape index (κ1) is 21.7. The van der Waals surface area contributed by atoms with Crippen molar-refractivity contribution in [3.05, 3.63) is 64.1 Å². The first-order chi connectivity index (χ1) is 14.3. The molecular weight excluding hydrogens is 452 g/mol. The topological polar surface area (TPSA) is 92.8 Å². The maximum Gasteiger partial charge on any atom is 0.329 e. The van der Waals surface area contributed by atoms with E-state index in [1.54, 1.807) is 48.5 Å². The lowest BCUT2D eigenvalue weighted by Gasteiger charge is -2.25. The summed E-state index contributed by atoms with van der Waals surface area (Å²) in [6.07, 6.45) is 0.235. The third kappa shape index (κ3) is 4.76. The molecule has 8 heteroatoms. The summed E-state index contributed by atoms with van der Waals surface area (Å²) in [7, 11) is 0. The van der Waals surface area contributed by atoms with Crippen LogP contribution in [0, 0.1) is 5.92 Å². The van der Waals surface area contributed by atoms with Crippen LogP contribution >= 0.6 is 15.9 Å². The minimum absolute atomic E-state index is 0.0171. The molecule has 1 atom stereocenters. The van der Waals surface area contributed by atoms with Crippen LogP contribution in [-0.2, 0) is 14.3 Å². The average Bonchev–Trinajstić information content (AvgIpc) is 2.97. The van der Waals surface area contributed by atoms with Gasteiger partial charge in [-0.05, 0) is 48.7 Å². The highest BCUT2D eigenvalue weighted by atomic mass is 79.9. The van der Waals surface area contributed by atoms with Gasteiger partial charge in [-0.25, -0.2) is 4.79 Å². The molecule has 30 heavy (non-hydrogen) atoms. The van der Waals surface area contributed by atoms with Crippen LogP contribution in [0.5, 0.6) is 0 Å². The van der Waals surface area contributed by atoms with E-state index < -0.39 is 36.3 Å². The molecule has 0 bridgehead atoms. The van der Waals surface area contributed by atoms with E-state index in [4.69, 9.17) is 4.74 Å². The van der Waals surface area contributed by atoms with E-state index in [9.17, 15) is 19.2 Å². The Morgan fingerprint density at radius 2 is 1.57 bits per heavy atom. The van der Waals surface area contributed by atoms with Crippen molar-refractivity contribution in [2.24, 2.45) is 5.92 Å².